The summed E-state index contributed by atoms with van der Waals surface area (Å²) < 4.78 is 13.8. The van der Waals surface area contributed by atoms with E-state index >= 15 is 0 Å². The highest BCUT2D eigenvalue weighted by Gasteiger charge is 2.42. The minimum absolute atomic E-state index is 0.243. The average Bonchev–Trinajstić information content (AvgIpc) is 3.01. The highest BCUT2D eigenvalue weighted by atomic mass is 19.1. The summed E-state index contributed by atoms with van der Waals surface area (Å²) in [4.78, 5) is 0. The van der Waals surface area contributed by atoms with Gasteiger partial charge >= 0.3 is 0 Å². The fourth-order valence-corrected chi connectivity index (χ4v) is 3.59. The standard InChI is InChI=1S/C19H21FO/c1-14-9-10-15(13-17(14)20)18(21)19(11-5-6-12-19)16-7-3-2-4-8-16/h2-4,7-10,13,18,21H,5-6,11-12H2,1H3. The normalized spacial score (nSPS) is 18.6. The molecule has 3 rings (SSSR count). The van der Waals surface area contributed by atoms with Crippen molar-refractivity contribution in [3.63, 3.8) is 0 Å². The Morgan fingerprint density at radius 2 is 1.71 bits per heavy atom. The molecule has 2 aromatic carbocycles. The Hall–Kier alpha value is -1.67. The molecule has 110 valence electrons. The largest absolute Gasteiger partial charge is 0.387 e. The van der Waals surface area contributed by atoms with Crippen LogP contribution < -0.4 is 0 Å². The minimum Gasteiger partial charge on any atom is -0.387 e. The van der Waals surface area contributed by atoms with Crippen LogP contribution in [-0.2, 0) is 5.41 Å². The molecular formula is C19H21FO. The monoisotopic (exact) mass is 284 g/mol. The van der Waals surface area contributed by atoms with Gasteiger partial charge in [-0.3, -0.25) is 0 Å². The fourth-order valence-electron chi connectivity index (χ4n) is 3.59. The third-order valence-corrected chi connectivity index (χ3v) is 4.88. The Morgan fingerprint density at radius 1 is 1.05 bits per heavy atom. The zero-order valence-corrected chi connectivity index (χ0v) is 12.3. The summed E-state index contributed by atoms with van der Waals surface area (Å²) in [6, 6.07) is 15.3. The van der Waals surface area contributed by atoms with Crippen LogP contribution in [0.25, 0.3) is 0 Å². The van der Waals surface area contributed by atoms with Gasteiger partial charge in [0.1, 0.15) is 5.82 Å². The summed E-state index contributed by atoms with van der Waals surface area (Å²) in [7, 11) is 0. The van der Waals surface area contributed by atoms with E-state index in [-0.39, 0.29) is 11.2 Å². The molecule has 1 aliphatic carbocycles. The van der Waals surface area contributed by atoms with Crippen LogP contribution in [0.1, 0.15) is 48.5 Å². The van der Waals surface area contributed by atoms with Crippen molar-refractivity contribution in [3.05, 3.63) is 71.0 Å². The van der Waals surface area contributed by atoms with Gasteiger partial charge in [-0.2, -0.15) is 0 Å². The number of aliphatic hydroxyl groups excluding tert-OH is 1. The number of aliphatic hydroxyl groups is 1. The van der Waals surface area contributed by atoms with Gasteiger partial charge in [-0.05, 0) is 42.5 Å². The molecule has 1 atom stereocenters. The third-order valence-electron chi connectivity index (χ3n) is 4.88. The first-order valence-electron chi connectivity index (χ1n) is 7.63. The Bertz CT molecular complexity index is 615. The maximum Gasteiger partial charge on any atom is 0.126 e. The van der Waals surface area contributed by atoms with E-state index in [1.54, 1.807) is 13.0 Å². The van der Waals surface area contributed by atoms with Crippen molar-refractivity contribution < 1.29 is 9.50 Å². The SMILES string of the molecule is Cc1ccc(C(O)C2(c3ccccc3)CCCC2)cc1F. The van der Waals surface area contributed by atoms with Crippen LogP contribution >= 0.6 is 0 Å². The molecule has 0 bridgehead atoms. The molecule has 1 nitrogen and oxygen atoms in total. The van der Waals surface area contributed by atoms with Crippen LogP contribution in [-0.4, -0.2) is 5.11 Å². The van der Waals surface area contributed by atoms with Gasteiger partial charge in [0.25, 0.3) is 0 Å². The summed E-state index contributed by atoms with van der Waals surface area (Å²) in [6.45, 7) is 1.74. The van der Waals surface area contributed by atoms with E-state index in [4.69, 9.17) is 0 Å². The lowest BCUT2D eigenvalue weighted by Gasteiger charge is -2.35. The second-order valence-corrected chi connectivity index (χ2v) is 6.14. The van der Waals surface area contributed by atoms with Crippen molar-refractivity contribution in [2.75, 3.05) is 0 Å². The molecule has 1 unspecified atom stereocenters. The third kappa shape index (κ3) is 2.49. The Balaban J connectivity index is 2.03. The average molecular weight is 284 g/mol. The van der Waals surface area contributed by atoms with Crippen molar-refractivity contribution in [2.24, 2.45) is 0 Å². The Labute approximate surface area is 125 Å². The van der Waals surface area contributed by atoms with Gasteiger partial charge in [-0.1, -0.05) is 55.3 Å². The molecule has 0 radical (unpaired) electrons. The molecular weight excluding hydrogens is 263 g/mol. The summed E-state index contributed by atoms with van der Waals surface area (Å²) >= 11 is 0. The molecule has 1 saturated carbocycles. The van der Waals surface area contributed by atoms with Gasteiger partial charge in [0.15, 0.2) is 0 Å². The van der Waals surface area contributed by atoms with Crippen molar-refractivity contribution in [1.29, 1.82) is 0 Å². The molecule has 2 heteroatoms. The van der Waals surface area contributed by atoms with Crippen LogP contribution in [0.2, 0.25) is 0 Å². The minimum atomic E-state index is -0.655. The van der Waals surface area contributed by atoms with E-state index in [0.717, 1.165) is 31.2 Å². The number of hydrogen-bond acceptors (Lipinski definition) is 1. The highest BCUT2D eigenvalue weighted by Crippen LogP contribution is 2.49. The molecule has 0 aliphatic heterocycles. The van der Waals surface area contributed by atoms with Gasteiger partial charge in [-0.25, -0.2) is 4.39 Å². The van der Waals surface area contributed by atoms with Crippen LogP contribution in [0.4, 0.5) is 4.39 Å². The first-order valence-corrected chi connectivity index (χ1v) is 7.63. The van der Waals surface area contributed by atoms with Crippen molar-refractivity contribution in [3.8, 4) is 0 Å². The summed E-state index contributed by atoms with van der Waals surface area (Å²) in [5.74, 6) is -0.243. The highest BCUT2D eigenvalue weighted by molar-refractivity contribution is 5.34. The van der Waals surface area contributed by atoms with Crippen molar-refractivity contribution >= 4 is 0 Å². The van der Waals surface area contributed by atoms with Crippen LogP contribution in [0.3, 0.4) is 0 Å². The zero-order chi connectivity index (χ0) is 14.9. The molecule has 0 amide bonds. The smallest absolute Gasteiger partial charge is 0.126 e. The summed E-state index contributed by atoms with van der Waals surface area (Å²) in [5, 5.41) is 11.0. The van der Waals surface area contributed by atoms with E-state index in [0.29, 0.717) is 11.1 Å². The number of benzene rings is 2. The number of halogens is 1. The molecule has 1 N–H and O–H groups in total. The molecule has 0 heterocycles. The fraction of sp³-hybridized carbons (Fsp3) is 0.368. The molecule has 0 aromatic heterocycles. The van der Waals surface area contributed by atoms with Crippen LogP contribution in [0, 0.1) is 12.7 Å². The maximum atomic E-state index is 13.8. The lowest BCUT2D eigenvalue weighted by molar-refractivity contribution is 0.0819. The van der Waals surface area contributed by atoms with Gasteiger partial charge in [0.2, 0.25) is 0 Å². The lowest BCUT2D eigenvalue weighted by atomic mass is 9.72. The first kappa shape index (κ1) is 14.3. The van der Waals surface area contributed by atoms with E-state index < -0.39 is 6.10 Å². The zero-order valence-electron chi connectivity index (χ0n) is 12.3. The van der Waals surface area contributed by atoms with E-state index in [1.807, 2.05) is 24.3 Å². The quantitative estimate of drug-likeness (QED) is 0.867. The molecule has 1 aliphatic rings. The summed E-state index contributed by atoms with van der Waals surface area (Å²) in [6.07, 6.45) is 3.47. The molecule has 2 aromatic rings. The molecule has 0 spiro atoms. The lowest BCUT2D eigenvalue weighted by Crippen LogP contribution is -2.30. The van der Waals surface area contributed by atoms with E-state index in [1.165, 1.54) is 6.07 Å². The number of aryl methyl sites for hydroxylation is 1. The topological polar surface area (TPSA) is 20.2 Å². The van der Waals surface area contributed by atoms with Gasteiger partial charge in [0, 0.05) is 5.41 Å². The molecule has 1 fully saturated rings. The maximum absolute atomic E-state index is 13.8. The van der Waals surface area contributed by atoms with Crippen LogP contribution in [0.15, 0.2) is 48.5 Å². The first-order chi connectivity index (χ1) is 10.1. The number of hydrogen-bond donors (Lipinski definition) is 1. The van der Waals surface area contributed by atoms with Gasteiger partial charge < -0.3 is 5.11 Å². The Kier molecular flexibility index (Phi) is 3.81. The van der Waals surface area contributed by atoms with Gasteiger partial charge in [-0.15, -0.1) is 0 Å². The predicted octanol–water partition coefficient (Wildman–Crippen LogP) is 4.68. The van der Waals surface area contributed by atoms with E-state index in [2.05, 4.69) is 12.1 Å². The van der Waals surface area contributed by atoms with Gasteiger partial charge in [0.05, 0.1) is 6.10 Å². The molecule has 0 saturated heterocycles. The van der Waals surface area contributed by atoms with Crippen molar-refractivity contribution in [2.45, 2.75) is 44.1 Å². The number of rotatable bonds is 3. The van der Waals surface area contributed by atoms with E-state index in [9.17, 15) is 9.50 Å². The Morgan fingerprint density at radius 3 is 2.33 bits per heavy atom. The summed E-state index contributed by atoms with van der Waals surface area (Å²) in [5.41, 5.74) is 2.19. The van der Waals surface area contributed by atoms with Crippen LogP contribution in [0.5, 0.6) is 0 Å². The second kappa shape index (κ2) is 5.61. The second-order valence-electron chi connectivity index (χ2n) is 6.14. The molecule has 21 heavy (non-hydrogen) atoms. The van der Waals surface area contributed by atoms with Crippen molar-refractivity contribution in [1.82, 2.24) is 0 Å². The predicted molar refractivity (Wildman–Crippen MR) is 82.7 cm³/mol.